The van der Waals surface area contributed by atoms with Crippen molar-refractivity contribution in [1.29, 1.82) is 0 Å². The average molecular weight is 260 g/mol. The van der Waals surface area contributed by atoms with Crippen molar-refractivity contribution in [2.24, 2.45) is 5.73 Å². The highest BCUT2D eigenvalue weighted by Crippen LogP contribution is 2.18. The summed E-state index contributed by atoms with van der Waals surface area (Å²) in [5.74, 6) is 1.10. The van der Waals surface area contributed by atoms with E-state index in [0.717, 1.165) is 5.69 Å². The summed E-state index contributed by atoms with van der Waals surface area (Å²) in [4.78, 5) is 6.39. The molecular formula is C14H20N4O. The smallest absolute Gasteiger partial charge is 0.246 e. The largest absolute Gasteiger partial charge is 0.365 e. The number of benzene rings is 1. The molecule has 0 saturated heterocycles. The second-order valence-corrected chi connectivity index (χ2v) is 5.43. The molecule has 0 fully saturated rings. The van der Waals surface area contributed by atoms with E-state index in [1.54, 1.807) is 0 Å². The summed E-state index contributed by atoms with van der Waals surface area (Å²) in [6.07, 6.45) is 0. The highest BCUT2D eigenvalue weighted by molar-refractivity contribution is 5.47. The molecule has 5 heteroatoms. The number of hydrogen-bond donors (Lipinski definition) is 1. The van der Waals surface area contributed by atoms with Crippen molar-refractivity contribution in [3.05, 3.63) is 41.5 Å². The number of aromatic nitrogens is 2. The summed E-state index contributed by atoms with van der Waals surface area (Å²) in [5.41, 5.74) is 7.69. The van der Waals surface area contributed by atoms with Crippen LogP contribution in [0.5, 0.6) is 0 Å². The van der Waals surface area contributed by atoms with Gasteiger partial charge in [-0.2, -0.15) is 4.98 Å². The predicted octanol–water partition coefficient (Wildman–Crippen LogP) is 2.21. The lowest BCUT2D eigenvalue weighted by Gasteiger charge is -2.17. The first kappa shape index (κ1) is 13.5. The molecule has 0 aliphatic heterocycles. The Bertz CT molecular complexity index is 557. The Hall–Kier alpha value is -1.88. The molecule has 0 bridgehead atoms. The summed E-state index contributed by atoms with van der Waals surface area (Å²) in [5, 5.41) is 3.91. The molecule has 2 N–H and O–H groups in total. The molecule has 1 aromatic heterocycles. The molecule has 0 spiro atoms. The van der Waals surface area contributed by atoms with Crippen molar-refractivity contribution in [1.82, 2.24) is 10.1 Å². The summed E-state index contributed by atoms with van der Waals surface area (Å²) >= 11 is 0. The van der Waals surface area contributed by atoms with E-state index in [1.165, 1.54) is 5.56 Å². The van der Waals surface area contributed by atoms with Crippen LogP contribution >= 0.6 is 0 Å². The normalized spacial score (nSPS) is 11.6. The summed E-state index contributed by atoms with van der Waals surface area (Å²) in [7, 11) is 1.99. The second-order valence-electron chi connectivity index (χ2n) is 5.43. The van der Waals surface area contributed by atoms with Gasteiger partial charge >= 0.3 is 0 Å². The van der Waals surface area contributed by atoms with Crippen LogP contribution in [0.2, 0.25) is 0 Å². The van der Waals surface area contributed by atoms with E-state index in [1.807, 2.05) is 27.0 Å². The predicted molar refractivity (Wildman–Crippen MR) is 74.8 cm³/mol. The van der Waals surface area contributed by atoms with E-state index in [0.29, 0.717) is 18.3 Å². The first-order valence-corrected chi connectivity index (χ1v) is 6.26. The molecule has 0 radical (unpaired) electrons. The summed E-state index contributed by atoms with van der Waals surface area (Å²) in [6.45, 7) is 6.34. The van der Waals surface area contributed by atoms with Gasteiger partial charge in [0.05, 0.1) is 12.1 Å². The number of nitrogens with zero attached hydrogens (tertiary/aromatic N) is 3. The fourth-order valence-corrected chi connectivity index (χ4v) is 1.74. The van der Waals surface area contributed by atoms with Crippen LogP contribution in [0.15, 0.2) is 28.8 Å². The molecule has 2 aromatic rings. The lowest BCUT2D eigenvalue weighted by Crippen LogP contribution is -2.30. The fraction of sp³-hybridized carbons (Fsp3) is 0.429. The Labute approximate surface area is 113 Å². The Balaban J connectivity index is 2.11. The van der Waals surface area contributed by atoms with Crippen LogP contribution in [0.25, 0.3) is 0 Å². The molecule has 102 valence electrons. The van der Waals surface area contributed by atoms with E-state index in [-0.39, 0.29) is 0 Å². The Kier molecular flexibility index (Phi) is 3.57. The van der Waals surface area contributed by atoms with Crippen molar-refractivity contribution >= 4 is 5.69 Å². The molecule has 0 atom stereocenters. The molecule has 5 nitrogen and oxygen atoms in total. The molecule has 1 aromatic carbocycles. The molecule has 0 saturated carbocycles. The maximum absolute atomic E-state index is 5.93. The van der Waals surface area contributed by atoms with Gasteiger partial charge in [-0.05, 0) is 38.5 Å². The van der Waals surface area contributed by atoms with Crippen molar-refractivity contribution in [3.8, 4) is 0 Å². The third kappa shape index (κ3) is 3.32. The van der Waals surface area contributed by atoms with Gasteiger partial charge in [-0.3, -0.25) is 0 Å². The van der Waals surface area contributed by atoms with Gasteiger partial charge < -0.3 is 15.2 Å². The van der Waals surface area contributed by atoms with Gasteiger partial charge in [-0.25, -0.2) is 0 Å². The standard InChI is InChI=1S/C14H20N4O/c1-10-6-5-7-11(8-10)18(4)9-12-16-13(17-19-12)14(2,3)15/h5-8H,9,15H2,1-4H3. The van der Waals surface area contributed by atoms with E-state index in [9.17, 15) is 0 Å². The van der Waals surface area contributed by atoms with Crippen LogP contribution in [0.1, 0.15) is 31.1 Å². The zero-order chi connectivity index (χ0) is 14.0. The number of nitrogens with two attached hydrogens (primary N) is 1. The third-order valence-electron chi connectivity index (χ3n) is 2.86. The average Bonchev–Trinajstić information content (AvgIpc) is 2.77. The quantitative estimate of drug-likeness (QED) is 0.912. The summed E-state index contributed by atoms with van der Waals surface area (Å²) < 4.78 is 5.23. The topological polar surface area (TPSA) is 68.2 Å². The van der Waals surface area contributed by atoms with Crippen LogP contribution in [-0.2, 0) is 12.1 Å². The van der Waals surface area contributed by atoms with Gasteiger partial charge in [0.1, 0.15) is 0 Å². The second kappa shape index (κ2) is 5.01. The van der Waals surface area contributed by atoms with Crippen molar-refractivity contribution < 1.29 is 4.52 Å². The van der Waals surface area contributed by atoms with E-state index in [4.69, 9.17) is 10.3 Å². The SMILES string of the molecule is Cc1cccc(N(C)Cc2nc(C(C)(C)N)no2)c1. The van der Waals surface area contributed by atoms with Gasteiger partial charge in [0, 0.05) is 12.7 Å². The van der Waals surface area contributed by atoms with Crippen LogP contribution < -0.4 is 10.6 Å². The minimum Gasteiger partial charge on any atom is -0.365 e. The Morgan fingerprint density at radius 1 is 1.37 bits per heavy atom. The maximum atomic E-state index is 5.93. The number of aryl methyl sites for hydroxylation is 1. The number of anilines is 1. The van der Waals surface area contributed by atoms with Crippen LogP contribution in [0, 0.1) is 6.92 Å². The fourth-order valence-electron chi connectivity index (χ4n) is 1.74. The van der Waals surface area contributed by atoms with Gasteiger partial charge in [0.2, 0.25) is 5.89 Å². The zero-order valence-corrected chi connectivity index (χ0v) is 11.8. The van der Waals surface area contributed by atoms with Crippen LogP contribution in [-0.4, -0.2) is 17.2 Å². The third-order valence-corrected chi connectivity index (χ3v) is 2.86. The molecule has 19 heavy (non-hydrogen) atoms. The molecule has 2 rings (SSSR count). The van der Waals surface area contributed by atoms with Gasteiger partial charge in [0.15, 0.2) is 5.82 Å². The molecular weight excluding hydrogens is 240 g/mol. The molecule has 1 heterocycles. The van der Waals surface area contributed by atoms with Gasteiger partial charge in [0.25, 0.3) is 0 Å². The Morgan fingerprint density at radius 2 is 2.11 bits per heavy atom. The van der Waals surface area contributed by atoms with Crippen molar-refractivity contribution in [2.75, 3.05) is 11.9 Å². The lowest BCUT2D eigenvalue weighted by molar-refractivity contribution is 0.360. The van der Waals surface area contributed by atoms with Crippen molar-refractivity contribution in [3.63, 3.8) is 0 Å². The highest BCUT2D eigenvalue weighted by Gasteiger charge is 2.21. The van der Waals surface area contributed by atoms with E-state index >= 15 is 0 Å². The molecule has 0 aliphatic carbocycles. The lowest BCUT2D eigenvalue weighted by atomic mass is 10.1. The van der Waals surface area contributed by atoms with Crippen molar-refractivity contribution in [2.45, 2.75) is 32.9 Å². The minimum absolute atomic E-state index is 0.528. The number of rotatable bonds is 4. The van der Waals surface area contributed by atoms with Gasteiger partial charge in [-0.1, -0.05) is 17.3 Å². The summed E-state index contributed by atoms with van der Waals surface area (Å²) in [6, 6.07) is 8.27. The highest BCUT2D eigenvalue weighted by atomic mass is 16.5. The molecule has 0 unspecified atom stereocenters. The minimum atomic E-state index is -0.580. The molecule has 0 amide bonds. The van der Waals surface area contributed by atoms with Gasteiger partial charge in [-0.15, -0.1) is 0 Å². The Morgan fingerprint density at radius 3 is 2.68 bits per heavy atom. The maximum Gasteiger partial charge on any atom is 0.246 e. The number of hydrogen-bond acceptors (Lipinski definition) is 5. The van der Waals surface area contributed by atoms with Crippen LogP contribution in [0.3, 0.4) is 0 Å². The first-order chi connectivity index (χ1) is 8.86. The monoisotopic (exact) mass is 260 g/mol. The first-order valence-electron chi connectivity index (χ1n) is 6.26. The zero-order valence-electron chi connectivity index (χ0n) is 11.8. The van der Waals surface area contributed by atoms with E-state index < -0.39 is 5.54 Å². The van der Waals surface area contributed by atoms with Crippen LogP contribution in [0.4, 0.5) is 5.69 Å². The molecule has 0 aliphatic rings. The van der Waals surface area contributed by atoms with E-state index in [2.05, 4.69) is 40.2 Å².